The quantitative estimate of drug-likeness (QED) is 0.686. The standard InChI is InChI=1S/C22H21N3O4/c26-19-13-23-25(18-5-2-1-4-16(18)19)14-22(27)24-9-3-6-17(24)15-7-8-20-21(12-15)29-11-10-28-20/h1-2,4-5,7-8,12-13,17H,3,6,9-11,14H2. The van der Waals surface area contributed by atoms with Crippen molar-refractivity contribution in [3.63, 3.8) is 0 Å². The summed E-state index contributed by atoms with van der Waals surface area (Å²) in [5.74, 6) is 1.48. The van der Waals surface area contributed by atoms with E-state index in [-0.39, 0.29) is 23.9 Å². The lowest BCUT2D eigenvalue weighted by Gasteiger charge is -2.27. The van der Waals surface area contributed by atoms with Crippen molar-refractivity contribution in [2.75, 3.05) is 19.8 Å². The number of aromatic nitrogens is 2. The van der Waals surface area contributed by atoms with Crippen molar-refractivity contribution in [3.05, 3.63) is 64.4 Å². The van der Waals surface area contributed by atoms with Gasteiger partial charge in [0, 0.05) is 11.9 Å². The molecule has 0 saturated carbocycles. The molecular weight excluding hydrogens is 370 g/mol. The number of likely N-dealkylation sites (tertiary alicyclic amines) is 1. The third-order valence-electron chi connectivity index (χ3n) is 5.57. The molecule has 7 nitrogen and oxygen atoms in total. The molecule has 1 atom stereocenters. The molecule has 1 amide bonds. The highest BCUT2D eigenvalue weighted by Crippen LogP contribution is 2.38. The summed E-state index contributed by atoms with van der Waals surface area (Å²) in [6.07, 6.45) is 3.13. The number of amides is 1. The van der Waals surface area contributed by atoms with Crippen LogP contribution in [0.5, 0.6) is 11.5 Å². The third-order valence-corrected chi connectivity index (χ3v) is 5.57. The minimum atomic E-state index is -0.139. The lowest BCUT2D eigenvalue weighted by molar-refractivity contribution is -0.132. The van der Waals surface area contributed by atoms with Gasteiger partial charge in [0.2, 0.25) is 11.3 Å². The molecule has 148 valence electrons. The van der Waals surface area contributed by atoms with Gasteiger partial charge in [-0.25, -0.2) is 0 Å². The van der Waals surface area contributed by atoms with E-state index in [4.69, 9.17) is 9.47 Å². The van der Waals surface area contributed by atoms with E-state index in [1.54, 1.807) is 10.7 Å². The Labute approximate surface area is 167 Å². The molecule has 2 aliphatic heterocycles. The lowest BCUT2D eigenvalue weighted by Crippen LogP contribution is -2.34. The van der Waals surface area contributed by atoms with E-state index in [1.165, 1.54) is 6.20 Å². The molecule has 5 rings (SSSR count). The number of para-hydroxylation sites is 1. The van der Waals surface area contributed by atoms with E-state index in [1.807, 2.05) is 41.3 Å². The van der Waals surface area contributed by atoms with Gasteiger partial charge in [-0.15, -0.1) is 0 Å². The number of hydrogen-bond acceptors (Lipinski definition) is 5. The molecule has 0 aliphatic carbocycles. The fraction of sp³-hybridized carbons (Fsp3) is 0.318. The Morgan fingerprint density at radius 2 is 1.93 bits per heavy atom. The van der Waals surface area contributed by atoms with Crippen LogP contribution in [0.2, 0.25) is 0 Å². The lowest BCUT2D eigenvalue weighted by atomic mass is 10.0. The zero-order valence-corrected chi connectivity index (χ0v) is 15.9. The molecule has 7 heteroatoms. The average molecular weight is 391 g/mol. The van der Waals surface area contributed by atoms with Crippen molar-refractivity contribution in [1.29, 1.82) is 0 Å². The third kappa shape index (κ3) is 3.22. The Hall–Kier alpha value is -3.35. The molecule has 0 bridgehead atoms. The Bertz CT molecular complexity index is 1140. The van der Waals surface area contributed by atoms with E-state index in [0.717, 1.165) is 29.9 Å². The van der Waals surface area contributed by atoms with E-state index < -0.39 is 0 Å². The number of benzene rings is 2. The number of nitrogens with zero attached hydrogens (tertiary/aromatic N) is 3. The smallest absolute Gasteiger partial charge is 0.244 e. The van der Waals surface area contributed by atoms with Gasteiger partial charge in [-0.2, -0.15) is 5.10 Å². The van der Waals surface area contributed by atoms with E-state index in [2.05, 4.69) is 5.10 Å². The Kier molecular flexibility index (Phi) is 4.42. The zero-order valence-electron chi connectivity index (χ0n) is 15.9. The second-order valence-electron chi connectivity index (χ2n) is 7.33. The first-order valence-electron chi connectivity index (χ1n) is 9.84. The number of carbonyl (C=O) groups is 1. The number of hydrogen-bond donors (Lipinski definition) is 0. The normalized spacial score (nSPS) is 18.2. The number of carbonyl (C=O) groups excluding carboxylic acids is 1. The zero-order chi connectivity index (χ0) is 19.8. The maximum absolute atomic E-state index is 13.1. The Balaban J connectivity index is 1.41. The molecule has 3 heterocycles. The molecular formula is C22H21N3O4. The van der Waals surface area contributed by atoms with Crippen LogP contribution in [0.1, 0.15) is 24.4 Å². The molecule has 1 aromatic heterocycles. The number of ether oxygens (including phenoxy) is 2. The summed E-state index contributed by atoms with van der Waals surface area (Å²) in [5, 5.41) is 4.76. The molecule has 0 radical (unpaired) electrons. The minimum Gasteiger partial charge on any atom is -0.486 e. The Morgan fingerprint density at radius 3 is 2.83 bits per heavy atom. The van der Waals surface area contributed by atoms with Crippen LogP contribution in [0.15, 0.2) is 53.5 Å². The van der Waals surface area contributed by atoms with Gasteiger partial charge in [0.25, 0.3) is 0 Å². The van der Waals surface area contributed by atoms with Crippen LogP contribution < -0.4 is 14.9 Å². The molecule has 29 heavy (non-hydrogen) atoms. The van der Waals surface area contributed by atoms with E-state index in [9.17, 15) is 9.59 Å². The summed E-state index contributed by atoms with van der Waals surface area (Å²) in [6, 6.07) is 13.2. The van der Waals surface area contributed by atoms with Crippen molar-refractivity contribution in [2.45, 2.75) is 25.4 Å². The van der Waals surface area contributed by atoms with Crippen LogP contribution in [0.3, 0.4) is 0 Å². The predicted octanol–water partition coefficient (Wildman–Crippen LogP) is 2.53. The van der Waals surface area contributed by atoms with Crippen molar-refractivity contribution < 1.29 is 14.3 Å². The average Bonchev–Trinajstić information content (AvgIpc) is 3.26. The van der Waals surface area contributed by atoms with Gasteiger partial charge in [0.05, 0.1) is 17.8 Å². The molecule has 3 aromatic rings. The second-order valence-corrected chi connectivity index (χ2v) is 7.33. The van der Waals surface area contributed by atoms with Gasteiger partial charge in [-0.3, -0.25) is 14.3 Å². The fourth-order valence-corrected chi connectivity index (χ4v) is 4.18. The van der Waals surface area contributed by atoms with Crippen LogP contribution in [0.25, 0.3) is 10.9 Å². The van der Waals surface area contributed by atoms with Crippen LogP contribution in [-0.2, 0) is 11.3 Å². The highest BCUT2D eigenvalue weighted by Gasteiger charge is 2.31. The summed E-state index contributed by atoms with van der Waals surface area (Å²) < 4.78 is 12.9. The van der Waals surface area contributed by atoms with Crippen molar-refractivity contribution in [2.24, 2.45) is 0 Å². The summed E-state index contributed by atoms with van der Waals surface area (Å²) in [6.45, 7) is 1.90. The van der Waals surface area contributed by atoms with E-state index >= 15 is 0 Å². The first kappa shape index (κ1) is 17.7. The topological polar surface area (TPSA) is 73.7 Å². The summed E-state index contributed by atoms with van der Waals surface area (Å²) in [4.78, 5) is 27.1. The Morgan fingerprint density at radius 1 is 1.10 bits per heavy atom. The maximum atomic E-state index is 13.1. The first-order chi connectivity index (χ1) is 14.2. The largest absolute Gasteiger partial charge is 0.486 e. The van der Waals surface area contributed by atoms with Crippen molar-refractivity contribution in [1.82, 2.24) is 14.7 Å². The van der Waals surface area contributed by atoms with Gasteiger partial charge in [0.1, 0.15) is 19.8 Å². The molecule has 1 fully saturated rings. The highest BCUT2D eigenvalue weighted by atomic mass is 16.6. The molecule has 0 spiro atoms. The monoisotopic (exact) mass is 391 g/mol. The molecule has 0 N–H and O–H groups in total. The second kappa shape index (κ2) is 7.24. The summed E-state index contributed by atoms with van der Waals surface area (Å²) >= 11 is 0. The van der Waals surface area contributed by atoms with Gasteiger partial charge >= 0.3 is 0 Å². The van der Waals surface area contributed by atoms with Crippen LogP contribution in [0, 0.1) is 0 Å². The van der Waals surface area contributed by atoms with Crippen LogP contribution in [0.4, 0.5) is 0 Å². The van der Waals surface area contributed by atoms with Gasteiger partial charge in [0.15, 0.2) is 11.5 Å². The maximum Gasteiger partial charge on any atom is 0.244 e. The number of rotatable bonds is 3. The summed E-state index contributed by atoms with van der Waals surface area (Å²) in [7, 11) is 0. The van der Waals surface area contributed by atoms with Crippen molar-refractivity contribution in [3.8, 4) is 11.5 Å². The molecule has 1 saturated heterocycles. The SMILES string of the molecule is O=C(Cn1ncc(=O)c2ccccc21)N1CCCC1c1ccc2c(c1)OCCO2. The van der Waals surface area contributed by atoms with Crippen molar-refractivity contribution >= 4 is 16.8 Å². The predicted molar refractivity (Wildman–Crippen MR) is 107 cm³/mol. The fourth-order valence-electron chi connectivity index (χ4n) is 4.18. The van der Waals surface area contributed by atoms with Gasteiger partial charge in [-0.1, -0.05) is 18.2 Å². The minimum absolute atomic E-state index is 0.00368. The molecule has 2 aliphatic rings. The summed E-state index contributed by atoms with van der Waals surface area (Å²) in [5.41, 5.74) is 1.58. The van der Waals surface area contributed by atoms with Crippen LogP contribution in [-0.4, -0.2) is 40.3 Å². The van der Waals surface area contributed by atoms with Gasteiger partial charge in [-0.05, 0) is 42.7 Å². The highest BCUT2D eigenvalue weighted by molar-refractivity contribution is 5.82. The molecule has 2 aromatic carbocycles. The number of fused-ring (bicyclic) bond motifs is 2. The van der Waals surface area contributed by atoms with Gasteiger partial charge < -0.3 is 14.4 Å². The first-order valence-corrected chi connectivity index (χ1v) is 9.84. The molecule has 1 unspecified atom stereocenters. The van der Waals surface area contributed by atoms with Crippen LogP contribution >= 0.6 is 0 Å². The van der Waals surface area contributed by atoms with E-state index in [0.29, 0.717) is 30.7 Å².